The minimum atomic E-state index is 0.0880. The second-order valence-corrected chi connectivity index (χ2v) is 5.65. The number of rotatable bonds is 6. The molecule has 0 aliphatic carbocycles. The van der Waals surface area contributed by atoms with E-state index in [4.69, 9.17) is 10.5 Å². The van der Waals surface area contributed by atoms with Gasteiger partial charge in [0.05, 0.1) is 0 Å². The van der Waals surface area contributed by atoms with Crippen LogP contribution in [0.2, 0.25) is 0 Å². The lowest BCUT2D eigenvalue weighted by molar-refractivity contribution is 0.0248. The van der Waals surface area contributed by atoms with Crippen molar-refractivity contribution >= 4 is 0 Å². The van der Waals surface area contributed by atoms with Crippen LogP contribution in [0.15, 0.2) is 0 Å². The molecule has 4 nitrogen and oxygen atoms in total. The van der Waals surface area contributed by atoms with E-state index < -0.39 is 0 Å². The molecule has 17 heavy (non-hydrogen) atoms. The minimum absolute atomic E-state index is 0.0880. The second kappa shape index (κ2) is 6.69. The maximum atomic E-state index is 5.99. The topological polar surface area (TPSA) is 41.7 Å². The summed E-state index contributed by atoms with van der Waals surface area (Å²) in [5.41, 5.74) is 6.08. The molecule has 1 aliphatic heterocycles. The molecule has 0 aromatic rings. The van der Waals surface area contributed by atoms with Gasteiger partial charge in [-0.3, -0.25) is 4.90 Å². The van der Waals surface area contributed by atoms with E-state index in [1.165, 1.54) is 19.4 Å². The first-order valence-electron chi connectivity index (χ1n) is 6.64. The third-order valence-corrected chi connectivity index (χ3v) is 4.17. The molecule has 0 amide bonds. The Morgan fingerprint density at radius 3 is 2.71 bits per heavy atom. The molecule has 2 unspecified atom stereocenters. The van der Waals surface area contributed by atoms with Crippen LogP contribution < -0.4 is 5.73 Å². The van der Waals surface area contributed by atoms with E-state index in [1.54, 1.807) is 7.11 Å². The molecule has 2 N–H and O–H groups in total. The number of nitrogens with two attached hydrogens (primary N) is 1. The van der Waals surface area contributed by atoms with Gasteiger partial charge >= 0.3 is 0 Å². The number of nitrogens with zero attached hydrogens (tertiary/aromatic N) is 2. The Morgan fingerprint density at radius 2 is 2.18 bits per heavy atom. The highest BCUT2D eigenvalue weighted by Crippen LogP contribution is 2.24. The summed E-state index contributed by atoms with van der Waals surface area (Å²) in [6.45, 7) is 6.06. The van der Waals surface area contributed by atoms with Gasteiger partial charge in [-0.2, -0.15) is 0 Å². The quantitative estimate of drug-likeness (QED) is 0.748. The molecule has 0 aromatic carbocycles. The lowest BCUT2D eigenvalue weighted by Crippen LogP contribution is -2.58. The van der Waals surface area contributed by atoms with Crippen LogP contribution in [0.5, 0.6) is 0 Å². The Labute approximate surface area is 106 Å². The van der Waals surface area contributed by atoms with Crippen LogP contribution in [0.25, 0.3) is 0 Å². The van der Waals surface area contributed by atoms with E-state index in [9.17, 15) is 0 Å². The van der Waals surface area contributed by atoms with Gasteiger partial charge in [0.15, 0.2) is 0 Å². The smallest absolute Gasteiger partial charge is 0.0480 e. The molecule has 0 aromatic heterocycles. The molecule has 2 atom stereocenters. The number of hydrogen-bond donors (Lipinski definition) is 1. The van der Waals surface area contributed by atoms with Crippen molar-refractivity contribution in [2.75, 3.05) is 47.4 Å². The molecule has 0 bridgehead atoms. The summed E-state index contributed by atoms with van der Waals surface area (Å²) >= 11 is 0. The molecule has 0 spiro atoms. The van der Waals surface area contributed by atoms with E-state index in [2.05, 4.69) is 30.8 Å². The van der Waals surface area contributed by atoms with Gasteiger partial charge in [0, 0.05) is 38.4 Å². The monoisotopic (exact) mass is 243 g/mol. The Morgan fingerprint density at radius 1 is 1.47 bits per heavy atom. The summed E-state index contributed by atoms with van der Waals surface area (Å²) in [7, 11) is 6.10. The van der Waals surface area contributed by atoms with E-state index in [1.807, 2.05) is 0 Å². The molecule has 4 heteroatoms. The van der Waals surface area contributed by atoms with Crippen LogP contribution in [0.4, 0.5) is 0 Å². The average Bonchev–Trinajstić information content (AvgIpc) is 2.36. The molecular formula is C13H29N3O. The average molecular weight is 243 g/mol. The van der Waals surface area contributed by atoms with Crippen LogP contribution in [0.3, 0.4) is 0 Å². The van der Waals surface area contributed by atoms with Crippen LogP contribution in [-0.4, -0.2) is 68.8 Å². The number of methoxy groups -OCH3 is 1. The molecule has 1 saturated heterocycles. The zero-order valence-electron chi connectivity index (χ0n) is 11.9. The zero-order valence-corrected chi connectivity index (χ0v) is 11.9. The summed E-state index contributed by atoms with van der Waals surface area (Å²) in [6.07, 6.45) is 3.58. The third-order valence-electron chi connectivity index (χ3n) is 4.17. The highest BCUT2D eigenvalue weighted by atomic mass is 16.5. The van der Waals surface area contributed by atoms with Gasteiger partial charge in [0.25, 0.3) is 0 Å². The van der Waals surface area contributed by atoms with E-state index in [0.717, 1.165) is 19.6 Å². The second-order valence-electron chi connectivity index (χ2n) is 5.65. The predicted octanol–water partition coefficient (Wildman–Crippen LogP) is 0.766. The highest BCUT2D eigenvalue weighted by molar-refractivity contribution is 4.92. The van der Waals surface area contributed by atoms with Gasteiger partial charge in [-0.05, 0) is 46.8 Å². The number of likely N-dealkylation sites (tertiary alicyclic amines) is 1. The van der Waals surface area contributed by atoms with E-state index >= 15 is 0 Å². The first kappa shape index (κ1) is 14.9. The van der Waals surface area contributed by atoms with Gasteiger partial charge in [-0.1, -0.05) is 0 Å². The van der Waals surface area contributed by atoms with Gasteiger partial charge in [-0.15, -0.1) is 0 Å². The Balaban J connectivity index is 2.61. The van der Waals surface area contributed by atoms with Crippen LogP contribution in [0.1, 0.15) is 26.2 Å². The van der Waals surface area contributed by atoms with Gasteiger partial charge in [0.2, 0.25) is 0 Å². The van der Waals surface area contributed by atoms with Gasteiger partial charge in [-0.25, -0.2) is 0 Å². The van der Waals surface area contributed by atoms with Crippen molar-refractivity contribution in [1.29, 1.82) is 0 Å². The fourth-order valence-electron chi connectivity index (χ4n) is 2.58. The molecule has 0 radical (unpaired) electrons. The maximum absolute atomic E-state index is 5.99. The normalized spacial score (nSPS) is 26.1. The Kier molecular flexibility index (Phi) is 5.86. The number of ether oxygens (including phenoxy) is 1. The lowest BCUT2D eigenvalue weighted by atomic mass is 9.91. The van der Waals surface area contributed by atoms with Crippen LogP contribution >= 0.6 is 0 Å². The summed E-state index contributed by atoms with van der Waals surface area (Å²) in [6, 6.07) is 0.664. The number of likely N-dealkylation sites (N-methyl/N-ethyl adjacent to an activating group) is 1. The predicted molar refractivity (Wildman–Crippen MR) is 72.2 cm³/mol. The largest absolute Gasteiger partial charge is 0.385 e. The molecular weight excluding hydrogens is 214 g/mol. The Bertz CT molecular complexity index is 223. The molecule has 1 heterocycles. The molecule has 1 aliphatic rings. The molecule has 1 rings (SSSR count). The number of hydrogen-bond acceptors (Lipinski definition) is 4. The Hall–Kier alpha value is -0.160. The summed E-state index contributed by atoms with van der Waals surface area (Å²) in [4.78, 5) is 4.89. The van der Waals surface area contributed by atoms with Crippen molar-refractivity contribution < 1.29 is 4.74 Å². The number of piperidine rings is 1. The van der Waals surface area contributed by atoms with Crippen molar-refractivity contribution in [3.63, 3.8) is 0 Å². The van der Waals surface area contributed by atoms with Crippen molar-refractivity contribution in [1.82, 2.24) is 9.80 Å². The van der Waals surface area contributed by atoms with Crippen molar-refractivity contribution in [2.24, 2.45) is 5.73 Å². The fourth-order valence-corrected chi connectivity index (χ4v) is 2.58. The minimum Gasteiger partial charge on any atom is -0.385 e. The van der Waals surface area contributed by atoms with E-state index in [-0.39, 0.29) is 5.54 Å². The van der Waals surface area contributed by atoms with Crippen molar-refractivity contribution in [3.8, 4) is 0 Å². The summed E-state index contributed by atoms with van der Waals surface area (Å²) < 4.78 is 5.21. The van der Waals surface area contributed by atoms with Crippen LogP contribution in [-0.2, 0) is 4.74 Å². The molecule has 102 valence electrons. The highest BCUT2D eigenvalue weighted by Gasteiger charge is 2.34. The van der Waals surface area contributed by atoms with Crippen molar-refractivity contribution in [2.45, 2.75) is 37.8 Å². The molecule has 0 saturated carbocycles. The lowest BCUT2D eigenvalue weighted by Gasteiger charge is -2.46. The van der Waals surface area contributed by atoms with Crippen LogP contribution in [0, 0.1) is 0 Å². The summed E-state index contributed by atoms with van der Waals surface area (Å²) in [5.74, 6) is 0. The fraction of sp³-hybridized carbons (Fsp3) is 1.00. The zero-order chi connectivity index (χ0) is 12.9. The molecule has 1 fully saturated rings. The first-order valence-corrected chi connectivity index (χ1v) is 6.64. The van der Waals surface area contributed by atoms with Gasteiger partial charge in [0.1, 0.15) is 0 Å². The SMILES string of the molecule is COCCC(C)(CN)N1CCCC(N(C)C)C1. The van der Waals surface area contributed by atoms with Crippen molar-refractivity contribution in [3.05, 3.63) is 0 Å². The standard InChI is InChI=1S/C13H29N3O/c1-13(11-14,7-9-17-4)16-8-5-6-12(10-16)15(2)3/h12H,5-11,14H2,1-4H3. The van der Waals surface area contributed by atoms with Gasteiger partial charge < -0.3 is 15.4 Å². The summed E-state index contributed by atoms with van der Waals surface area (Å²) in [5, 5.41) is 0. The third kappa shape index (κ3) is 3.91. The first-order chi connectivity index (χ1) is 8.03. The maximum Gasteiger partial charge on any atom is 0.0480 e. The van der Waals surface area contributed by atoms with E-state index in [0.29, 0.717) is 12.6 Å².